The van der Waals surface area contributed by atoms with E-state index < -0.39 is 5.54 Å². The second-order valence-corrected chi connectivity index (χ2v) is 7.30. The first-order valence-corrected chi connectivity index (χ1v) is 7.72. The number of hydrogen-bond donors (Lipinski definition) is 1. The maximum absolute atomic E-state index is 9.47. The molecular weight excluding hydrogens is 260 g/mol. The molecule has 0 radical (unpaired) electrons. The average Bonchev–Trinajstić information content (AvgIpc) is 2.44. The van der Waals surface area contributed by atoms with Crippen LogP contribution in [0.2, 0.25) is 0 Å². The summed E-state index contributed by atoms with van der Waals surface area (Å²) in [7, 11) is 0. The number of nitrogens with two attached hydrogens (primary N) is 1. The smallest absolute Gasteiger partial charge is 0.153 e. The molecular formula is C18H26N2O. The van der Waals surface area contributed by atoms with Crippen molar-refractivity contribution in [1.82, 2.24) is 0 Å². The average molecular weight is 286 g/mol. The van der Waals surface area contributed by atoms with Crippen LogP contribution >= 0.6 is 0 Å². The number of nitrogens with zero attached hydrogens (tertiary/aromatic N) is 1. The van der Waals surface area contributed by atoms with E-state index in [-0.39, 0.29) is 12.7 Å². The minimum atomic E-state index is -1.06. The molecule has 0 spiro atoms. The fraction of sp³-hybridized carbons (Fsp3) is 0.611. The van der Waals surface area contributed by atoms with Gasteiger partial charge in [0.15, 0.2) is 5.54 Å². The van der Waals surface area contributed by atoms with Crippen molar-refractivity contribution in [3.8, 4) is 6.07 Å². The van der Waals surface area contributed by atoms with Gasteiger partial charge in [0, 0.05) is 0 Å². The molecule has 0 bridgehead atoms. The minimum Gasteiger partial charge on any atom is -0.375 e. The van der Waals surface area contributed by atoms with E-state index in [1.807, 2.05) is 30.3 Å². The Morgan fingerprint density at radius 3 is 2.57 bits per heavy atom. The maximum atomic E-state index is 9.47. The molecule has 1 aliphatic rings. The van der Waals surface area contributed by atoms with E-state index in [1.165, 1.54) is 6.42 Å². The van der Waals surface area contributed by atoms with E-state index in [2.05, 4.69) is 26.8 Å². The summed E-state index contributed by atoms with van der Waals surface area (Å²) in [5.41, 5.74) is 6.31. The van der Waals surface area contributed by atoms with Crippen molar-refractivity contribution in [2.75, 3.05) is 6.61 Å². The summed E-state index contributed by atoms with van der Waals surface area (Å²) in [4.78, 5) is 0. The number of nitriles is 1. The van der Waals surface area contributed by atoms with Crippen LogP contribution in [-0.4, -0.2) is 12.7 Å². The summed E-state index contributed by atoms with van der Waals surface area (Å²) >= 11 is 0. The van der Waals surface area contributed by atoms with Gasteiger partial charge in [-0.15, -0.1) is 0 Å². The molecule has 2 N–H and O–H groups in total. The Bertz CT molecular complexity index is 506. The zero-order valence-electron chi connectivity index (χ0n) is 13.3. The molecule has 0 amide bonds. The van der Waals surface area contributed by atoms with Gasteiger partial charge in [0.05, 0.1) is 18.8 Å². The van der Waals surface area contributed by atoms with Crippen LogP contribution in [0.15, 0.2) is 30.3 Å². The van der Waals surface area contributed by atoms with Crippen LogP contribution in [0.4, 0.5) is 0 Å². The fourth-order valence-electron chi connectivity index (χ4n) is 3.55. The largest absolute Gasteiger partial charge is 0.375 e. The lowest BCUT2D eigenvalue weighted by Crippen LogP contribution is -2.43. The molecule has 0 saturated heterocycles. The zero-order valence-corrected chi connectivity index (χ0v) is 13.3. The van der Waals surface area contributed by atoms with Gasteiger partial charge in [-0.1, -0.05) is 51.1 Å². The molecule has 0 aliphatic heterocycles. The van der Waals surface area contributed by atoms with Crippen LogP contribution in [0.3, 0.4) is 0 Å². The van der Waals surface area contributed by atoms with Crippen molar-refractivity contribution < 1.29 is 4.74 Å². The fourth-order valence-corrected chi connectivity index (χ4v) is 3.55. The second-order valence-electron chi connectivity index (χ2n) is 7.30. The molecule has 21 heavy (non-hydrogen) atoms. The van der Waals surface area contributed by atoms with E-state index in [0.717, 1.165) is 18.4 Å². The highest BCUT2D eigenvalue weighted by atomic mass is 16.5. The minimum absolute atomic E-state index is 0.198. The van der Waals surface area contributed by atoms with Gasteiger partial charge >= 0.3 is 0 Å². The topological polar surface area (TPSA) is 59.0 Å². The number of rotatable bonds is 4. The Morgan fingerprint density at radius 2 is 2.00 bits per heavy atom. The predicted octanol–water partition coefficient (Wildman–Crippen LogP) is 3.60. The zero-order chi connectivity index (χ0) is 15.5. The molecule has 3 atom stereocenters. The summed E-state index contributed by atoms with van der Waals surface area (Å²) in [6, 6.07) is 11.7. The Balaban J connectivity index is 2.02. The van der Waals surface area contributed by atoms with Gasteiger partial charge in [-0.3, -0.25) is 0 Å². The summed E-state index contributed by atoms with van der Waals surface area (Å²) in [6.07, 6.45) is 3.52. The van der Waals surface area contributed by atoms with E-state index >= 15 is 0 Å². The number of ether oxygens (including phenoxy) is 1. The second kappa shape index (κ2) is 6.17. The molecule has 0 heterocycles. The SMILES string of the molecule is CC1CC(OCC(N)(C#N)c2ccccc2)CC(C)(C)C1. The van der Waals surface area contributed by atoms with Gasteiger partial charge in [0.2, 0.25) is 0 Å². The van der Waals surface area contributed by atoms with Crippen molar-refractivity contribution >= 4 is 0 Å². The third kappa shape index (κ3) is 4.06. The van der Waals surface area contributed by atoms with Crippen LogP contribution in [-0.2, 0) is 10.3 Å². The quantitative estimate of drug-likeness (QED) is 0.920. The first-order valence-electron chi connectivity index (χ1n) is 7.72. The molecule has 3 heteroatoms. The van der Waals surface area contributed by atoms with E-state index in [1.54, 1.807) is 0 Å². The lowest BCUT2D eigenvalue weighted by molar-refractivity contribution is -0.0353. The molecule has 3 unspecified atom stereocenters. The van der Waals surface area contributed by atoms with Gasteiger partial charge in [-0.05, 0) is 36.2 Å². The lowest BCUT2D eigenvalue weighted by Gasteiger charge is -2.39. The van der Waals surface area contributed by atoms with Gasteiger partial charge in [-0.2, -0.15) is 5.26 Å². The molecule has 1 saturated carbocycles. The lowest BCUT2D eigenvalue weighted by atomic mass is 9.71. The highest BCUT2D eigenvalue weighted by Crippen LogP contribution is 2.40. The van der Waals surface area contributed by atoms with Crippen molar-refractivity contribution in [1.29, 1.82) is 5.26 Å². The highest BCUT2D eigenvalue weighted by molar-refractivity contribution is 5.30. The molecule has 114 valence electrons. The van der Waals surface area contributed by atoms with Gasteiger partial charge in [-0.25, -0.2) is 0 Å². The van der Waals surface area contributed by atoms with Crippen LogP contribution < -0.4 is 5.73 Å². The van der Waals surface area contributed by atoms with Crippen LogP contribution in [0.1, 0.15) is 45.6 Å². The van der Waals surface area contributed by atoms with Gasteiger partial charge in [0.25, 0.3) is 0 Å². The van der Waals surface area contributed by atoms with E-state index in [0.29, 0.717) is 11.3 Å². The van der Waals surface area contributed by atoms with Crippen LogP contribution in [0.5, 0.6) is 0 Å². The molecule has 3 nitrogen and oxygen atoms in total. The Morgan fingerprint density at radius 1 is 1.33 bits per heavy atom. The monoisotopic (exact) mass is 286 g/mol. The van der Waals surface area contributed by atoms with E-state index in [9.17, 15) is 5.26 Å². The van der Waals surface area contributed by atoms with Crippen LogP contribution in [0.25, 0.3) is 0 Å². The summed E-state index contributed by atoms with van der Waals surface area (Å²) in [5, 5.41) is 9.47. The normalized spacial score (nSPS) is 27.6. The molecule has 2 rings (SSSR count). The molecule has 1 aromatic rings. The van der Waals surface area contributed by atoms with Crippen molar-refractivity contribution in [2.45, 2.75) is 51.7 Å². The Labute approximate surface area is 128 Å². The van der Waals surface area contributed by atoms with Crippen LogP contribution in [0, 0.1) is 22.7 Å². The number of hydrogen-bond acceptors (Lipinski definition) is 3. The predicted molar refractivity (Wildman–Crippen MR) is 84.5 cm³/mol. The van der Waals surface area contributed by atoms with Gasteiger partial charge in [0.1, 0.15) is 0 Å². The van der Waals surface area contributed by atoms with Crippen molar-refractivity contribution in [3.63, 3.8) is 0 Å². The number of benzene rings is 1. The van der Waals surface area contributed by atoms with Crippen molar-refractivity contribution in [3.05, 3.63) is 35.9 Å². The molecule has 1 aliphatic carbocycles. The molecule has 1 aromatic carbocycles. The van der Waals surface area contributed by atoms with Crippen molar-refractivity contribution in [2.24, 2.45) is 17.1 Å². The highest BCUT2D eigenvalue weighted by Gasteiger charge is 2.35. The third-order valence-corrected chi connectivity index (χ3v) is 4.38. The Kier molecular flexibility index (Phi) is 4.70. The maximum Gasteiger partial charge on any atom is 0.153 e. The molecule has 0 aromatic heterocycles. The summed E-state index contributed by atoms with van der Waals surface area (Å²) in [5.74, 6) is 0.657. The van der Waals surface area contributed by atoms with E-state index in [4.69, 9.17) is 10.5 Å². The summed E-state index contributed by atoms with van der Waals surface area (Å²) < 4.78 is 6.05. The first kappa shape index (κ1) is 16.0. The molecule has 1 fully saturated rings. The first-order chi connectivity index (χ1) is 9.85. The third-order valence-electron chi connectivity index (χ3n) is 4.38. The summed E-state index contributed by atoms with van der Waals surface area (Å²) in [6.45, 7) is 7.10. The van der Waals surface area contributed by atoms with Gasteiger partial charge < -0.3 is 10.5 Å². The standard InChI is InChI=1S/C18H26N2O/c1-14-9-16(11-17(2,3)10-14)21-13-18(20,12-19)15-7-5-4-6-8-15/h4-8,14,16H,9-11,13,20H2,1-3H3. The Hall–Kier alpha value is -1.37.